The van der Waals surface area contributed by atoms with Crippen LogP contribution in [0.25, 0.3) is 0 Å². The third-order valence-electron chi connectivity index (χ3n) is 3.81. The topological polar surface area (TPSA) is 79.0 Å². The molecule has 1 aromatic rings. The zero-order valence-electron chi connectivity index (χ0n) is 11.5. The van der Waals surface area contributed by atoms with Gasteiger partial charge in [0.25, 0.3) is 5.69 Å². The predicted molar refractivity (Wildman–Crippen MR) is 76.0 cm³/mol. The summed E-state index contributed by atoms with van der Waals surface area (Å²) in [6.45, 7) is 4.58. The molecule has 6 nitrogen and oxygen atoms in total. The van der Waals surface area contributed by atoms with Crippen LogP contribution in [0.15, 0.2) is 29.4 Å². The Morgan fingerprint density at radius 2 is 2.15 bits per heavy atom. The fourth-order valence-corrected chi connectivity index (χ4v) is 2.61. The van der Waals surface area contributed by atoms with Crippen molar-refractivity contribution in [2.75, 3.05) is 13.1 Å². The van der Waals surface area contributed by atoms with Crippen molar-refractivity contribution in [1.29, 1.82) is 0 Å². The second-order valence-electron chi connectivity index (χ2n) is 5.11. The Hall–Kier alpha value is -1.95. The lowest BCUT2D eigenvalue weighted by Crippen LogP contribution is -2.40. The van der Waals surface area contributed by atoms with Gasteiger partial charge in [0, 0.05) is 44.1 Å². The molecule has 1 N–H and O–H groups in total. The highest BCUT2D eigenvalue weighted by molar-refractivity contribution is 5.87. The third kappa shape index (κ3) is 3.33. The molecular formula is C14H19N3O3. The fraction of sp³-hybridized carbons (Fsp3) is 0.500. The molecule has 1 heterocycles. The molecule has 0 aromatic heterocycles. The van der Waals surface area contributed by atoms with E-state index in [1.807, 2.05) is 0 Å². The maximum absolute atomic E-state index is 10.6. The first kappa shape index (κ1) is 14.5. The van der Waals surface area contributed by atoms with Crippen molar-refractivity contribution < 1.29 is 10.1 Å². The lowest BCUT2D eigenvalue weighted by molar-refractivity contribution is -0.384. The van der Waals surface area contributed by atoms with Crippen LogP contribution in [0.3, 0.4) is 0 Å². The first-order valence-corrected chi connectivity index (χ1v) is 6.80. The molecule has 0 radical (unpaired) electrons. The van der Waals surface area contributed by atoms with E-state index in [-0.39, 0.29) is 10.6 Å². The molecule has 0 amide bonds. The summed E-state index contributed by atoms with van der Waals surface area (Å²) in [5.74, 6) is 0.298. The number of oxime groups is 1. The molecule has 1 aromatic carbocycles. The minimum atomic E-state index is -0.387. The average molecular weight is 277 g/mol. The third-order valence-corrected chi connectivity index (χ3v) is 3.81. The summed E-state index contributed by atoms with van der Waals surface area (Å²) < 4.78 is 0. The summed E-state index contributed by atoms with van der Waals surface area (Å²) in [7, 11) is 0. The number of hydrogen-bond acceptors (Lipinski definition) is 5. The smallest absolute Gasteiger partial charge is 0.269 e. The van der Waals surface area contributed by atoms with E-state index in [9.17, 15) is 10.1 Å². The van der Waals surface area contributed by atoms with Crippen molar-refractivity contribution in [3.8, 4) is 0 Å². The van der Waals surface area contributed by atoms with E-state index in [0.29, 0.717) is 5.92 Å². The Morgan fingerprint density at radius 3 is 2.70 bits per heavy atom. The first-order valence-electron chi connectivity index (χ1n) is 6.80. The van der Waals surface area contributed by atoms with Gasteiger partial charge in [0.1, 0.15) is 0 Å². The Labute approximate surface area is 117 Å². The standard InChI is InChI=1S/C14H19N3O3/c1-2-12-10-16(8-7-14(12)15-18)9-11-3-5-13(6-4-11)17(19)20/h3-6,12,18H,2,7-10H2,1H3/b15-14+. The van der Waals surface area contributed by atoms with Crippen LogP contribution in [-0.4, -0.2) is 33.8 Å². The minimum absolute atomic E-state index is 0.119. The van der Waals surface area contributed by atoms with E-state index in [0.717, 1.165) is 43.8 Å². The summed E-state index contributed by atoms with van der Waals surface area (Å²) in [4.78, 5) is 12.5. The zero-order chi connectivity index (χ0) is 14.5. The molecule has 2 rings (SSSR count). The van der Waals surface area contributed by atoms with Gasteiger partial charge in [-0.1, -0.05) is 24.2 Å². The van der Waals surface area contributed by atoms with Crippen LogP contribution in [0.2, 0.25) is 0 Å². The second-order valence-corrected chi connectivity index (χ2v) is 5.11. The van der Waals surface area contributed by atoms with Gasteiger partial charge in [0.2, 0.25) is 0 Å². The number of rotatable bonds is 4. The SMILES string of the molecule is CCC1CN(Cc2ccc([N+](=O)[O-])cc2)CC/C1=N\O. The maximum atomic E-state index is 10.6. The molecule has 1 unspecified atom stereocenters. The Morgan fingerprint density at radius 1 is 1.45 bits per heavy atom. The van der Waals surface area contributed by atoms with Gasteiger partial charge in [-0.25, -0.2) is 0 Å². The van der Waals surface area contributed by atoms with Gasteiger partial charge in [-0.15, -0.1) is 0 Å². The molecule has 1 saturated heterocycles. The molecule has 1 atom stereocenters. The molecule has 20 heavy (non-hydrogen) atoms. The average Bonchev–Trinajstić information content (AvgIpc) is 2.47. The molecule has 1 aliphatic rings. The Balaban J connectivity index is 1.98. The van der Waals surface area contributed by atoms with Gasteiger partial charge >= 0.3 is 0 Å². The molecular weight excluding hydrogens is 258 g/mol. The first-order chi connectivity index (χ1) is 9.63. The summed E-state index contributed by atoms with van der Waals surface area (Å²) in [5, 5.41) is 23.0. The van der Waals surface area contributed by atoms with E-state index in [4.69, 9.17) is 5.21 Å². The van der Waals surface area contributed by atoms with Crippen molar-refractivity contribution in [1.82, 2.24) is 4.90 Å². The summed E-state index contributed by atoms with van der Waals surface area (Å²) >= 11 is 0. The second kappa shape index (κ2) is 6.47. The molecule has 0 saturated carbocycles. The quantitative estimate of drug-likeness (QED) is 0.521. The van der Waals surface area contributed by atoms with Crippen molar-refractivity contribution in [3.63, 3.8) is 0 Å². The van der Waals surface area contributed by atoms with Gasteiger partial charge < -0.3 is 5.21 Å². The lowest BCUT2D eigenvalue weighted by atomic mass is 9.93. The van der Waals surface area contributed by atoms with E-state index < -0.39 is 0 Å². The Bertz CT molecular complexity index is 499. The highest BCUT2D eigenvalue weighted by Crippen LogP contribution is 2.20. The van der Waals surface area contributed by atoms with Gasteiger partial charge in [0.05, 0.1) is 10.6 Å². The van der Waals surface area contributed by atoms with Gasteiger partial charge in [0.15, 0.2) is 0 Å². The van der Waals surface area contributed by atoms with Crippen molar-refractivity contribution >= 4 is 11.4 Å². The van der Waals surface area contributed by atoms with Crippen LogP contribution in [0.4, 0.5) is 5.69 Å². The zero-order valence-corrected chi connectivity index (χ0v) is 11.5. The van der Waals surface area contributed by atoms with Crippen LogP contribution in [0.1, 0.15) is 25.3 Å². The van der Waals surface area contributed by atoms with Crippen LogP contribution < -0.4 is 0 Å². The number of nitrogens with zero attached hydrogens (tertiary/aromatic N) is 3. The molecule has 0 bridgehead atoms. The monoisotopic (exact) mass is 277 g/mol. The predicted octanol–water partition coefficient (Wildman–Crippen LogP) is 2.66. The van der Waals surface area contributed by atoms with E-state index in [2.05, 4.69) is 17.0 Å². The maximum Gasteiger partial charge on any atom is 0.269 e. The number of nitro benzene ring substituents is 1. The molecule has 6 heteroatoms. The number of benzene rings is 1. The highest BCUT2D eigenvalue weighted by atomic mass is 16.6. The van der Waals surface area contributed by atoms with Crippen LogP contribution in [-0.2, 0) is 6.54 Å². The molecule has 0 aliphatic carbocycles. The van der Waals surface area contributed by atoms with Gasteiger partial charge in [-0.05, 0) is 12.0 Å². The summed E-state index contributed by atoms with van der Waals surface area (Å²) in [6.07, 6.45) is 1.73. The van der Waals surface area contributed by atoms with Crippen molar-refractivity contribution in [3.05, 3.63) is 39.9 Å². The number of likely N-dealkylation sites (tertiary alicyclic amines) is 1. The van der Waals surface area contributed by atoms with E-state index in [1.165, 1.54) is 12.1 Å². The lowest BCUT2D eigenvalue weighted by Gasteiger charge is -2.32. The van der Waals surface area contributed by atoms with Gasteiger partial charge in [-0.2, -0.15) is 0 Å². The van der Waals surface area contributed by atoms with E-state index >= 15 is 0 Å². The number of piperidine rings is 1. The van der Waals surface area contributed by atoms with Gasteiger partial charge in [-0.3, -0.25) is 15.0 Å². The number of nitro groups is 1. The van der Waals surface area contributed by atoms with Crippen LogP contribution in [0, 0.1) is 16.0 Å². The summed E-state index contributed by atoms with van der Waals surface area (Å²) in [6, 6.07) is 6.68. The molecule has 1 fully saturated rings. The Kier molecular flexibility index (Phi) is 4.68. The van der Waals surface area contributed by atoms with Crippen molar-refractivity contribution in [2.24, 2.45) is 11.1 Å². The summed E-state index contributed by atoms with van der Waals surface area (Å²) in [5.41, 5.74) is 2.07. The molecule has 0 spiro atoms. The van der Waals surface area contributed by atoms with E-state index in [1.54, 1.807) is 12.1 Å². The van der Waals surface area contributed by atoms with Crippen LogP contribution >= 0.6 is 0 Å². The minimum Gasteiger partial charge on any atom is -0.411 e. The number of hydrogen-bond donors (Lipinski definition) is 1. The highest BCUT2D eigenvalue weighted by Gasteiger charge is 2.24. The molecule has 1 aliphatic heterocycles. The number of non-ortho nitro benzene ring substituents is 1. The fourth-order valence-electron chi connectivity index (χ4n) is 2.61. The largest absolute Gasteiger partial charge is 0.411 e. The normalized spacial score (nSPS) is 22.1. The molecule has 108 valence electrons. The van der Waals surface area contributed by atoms with Crippen molar-refractivity contribution in [2.45, 2.75) is 26.3 Å². The van der Waals surface area contributed by atoms with Crippen LogP contribution in [0.5, 0.6) is 0 Å².